The summed E-state index contributed by atoms with van der Waals surface area (Å²) in [6.45, 7) is 0.582. The molecule has 0 saturated carbocycles. The fraction of sp³-hybridized carbons (Fsp3) is 0.432. The van der Waals surface area contributed by atoms with Crippen molar-refractivity contribution in [2.24, 2.45) is 16.5 Å². The zero-order valence-corrected chi connectivity index (χ0v) is 28.8. The van der Waals surface area contributed by atoms with Gasteiger partial charge in [0.1, 0.15) is 42.3 Å². The molecule has 0 unspecified atom stereocenters. The van der Waals surface area contributed by atoms with Gasteiger partial charge in [0.05, 0.1) is 44.8 Å². The maximum Gasteiger partial charge on any atom is 0.317 e. The lowest BCUT2D eigenvalue weighted by Gasteiger charge is -2.48. The fourth-order valence-electron chi connectivity index (χ4n) is 8.18. The van der Waals surface area contributed by atoms with E-state index < -0.39 is 66.9 Å². The van der Waals surface area contributed by atoms with E-state index in [4.69, 9.17) is 54.7 Å². The van der Waals surface area contributed by atoms with Gasteiger partial charge in [0.25, 0.3) is 0 Å². The van der Waals surface area contributed by atoms with Crippen molar-refractivity contribution in [1.82, 2.24) is 0 Å². The number of rotatable bonds is 8. The Morgan fingerprint density at radius 3 is 2.60 bits per heavy atom. The van der Waals surface area contributed by atoms with E-state index in [9.17, 15) is 24.9 Å². The highest BCUT2D eigenvalue weighted by molar-refractivity contribution is 5.90. The Morgan fingerprint density at radius 1 is 1.08 bits per heavy atom. The van der Waals surface area contributed by atoms with E-state index >= 15 is 0 Å². The Labute approximate surface area is 302 Å². The van der Waals surface area contributed by atoms with Gasteiger partial charge in [-0.25, -0.2) is 0 Å². The highest BCUT2D eigenvalue weighted by Crippen LogP contribution is 2.59. The third kappa shape index (κ3) is 5.55. The number of ether oxygens (including phenoxy) is 7. The number of nitrogens with zero attached hydrogens (tertiary/aromatic N) is 1. The molecule has 53 heavy (non-hydrogen) atoms. The molecule has 0 aliphatic carbocycles. The summed E-state index contributed by atoms with van der Waals surface area (Å²) in [5.74, 6) is -0.624. The summed E-state index contributed by atoms with van der Waals surface area (Å²) in [5, 5.41) is 45.6. The van der Waals surface area contributed by atoms with Gasteiger partial charge in [0, 0.05) is 28.0 Å². The molecule has 8 rings (SSSR count). The standard InChI is InChI=1S/C37H39N3O13/c1-47-21-8-7-16-19-14-49-23-11-22-17(26(18-13-40-20-6-4-3-5-15(18)20)27(23)29(19)52-30(16)31(21)48-2)9-10-37(46)34(45)28(44)32(53-36(37)50-22)33(35(38)39)51-25(43)12-24(41)42/h3-8,11,19,28-29,32-36,44-46H,9-10,12-14,38-39H2,1-2H3,(H,41,42)/t19-,28+,29+,32-,33-,34-,36+,37+/m0/s1. The average Bonchev–Trinajstić information content (AvgIpc) is 3.70. The van der Waals surface area contributed by atoms with Crippen molar-refractivity contribution >= 4 is 17.5 Å². The van der Waals surface area contributed by atoms with Gasteiger partial charge in [-0.1, -0.05) is 24.3 Å². The largest absolute Gasteiger partial charge is 0.493 e. The first-order valence-electron chi connectivity index (χ1n) is 17.1. The predicted octanol–water partition coefficient (Wildman–Crippen LogP) is -0.721. The van der Waals surface area contributed by atoms with Crippen molar-refractivity contribution in [3.05, 3.63) is 75.3 Å². The predicted molar refractivity (Wildman–Crippen MR) is 181 cm³/mol. The van der Waals surface area contributed by atoms with E-state index in [0.29, 0.717) is 35.1 Å². The number of methoxy groups -OCH3 is 2. The number of esters is 1. The Bertz CT molecular complexity index is 2120. The molecule has 5 aliphatic heterocycles. The summed E-state index contributed by atoms with van der Waals surface area (Å²) in [6, 6.07) is 13.2. The second kappa shape index (κ2) is 13.2. The molecule has 3 aromatic rings. The third-order valence-electron chi connectivity index (χ3n) is 10.7. The van der Waals surface area contributed by atoms with Gasteiger partial charge in [0.2, 0.25) is 12.0 Å². The van der Waals surface area contributed by atoms with Crippen LogP contribution in [0.3, 0.4) is 0 Å². The average molecular weight is 734 g/mol. The van der Waals surface area contributed by atoms with Gasteiger partial charge in [-0.05, 0) is 36.1 Å². The Balaban J connectivity index is 1.25. The Kier molecular flexibility index (Phi) is 8.71. The highest BCUT2D eigenvalue weighted by atomic mass is 16.7. The van der Waals surface area contributed by atoms with Gasteiger partial charge >= 0.3 is 11.9 Å². The molecule has 0 radical (unpaired) electrons. The molecule has 3 aromatic carbocycles. The van der Waals surface area contributed by atoms with Crippen LogP contribution in [0.4, 0.5) is 0 Å². The van der Waals surface area contributed by atoms with E-state index in [0.717, 1.165) is 32.8 Å². The molecule has 16 heteroatoms. The van der Waals surface area contributed by atoms with Crippen LogP contribution in [0.5, 0.6) is 28.7 Å². The summed E-state index contributed by atoms with van der Waals surface area (Å²) in [5.41, 5.74) is 13.5. The lowest BCUT2D eigenvalue weighted by atomic mass is 9.79. The summed E-state index contributed by atoms with van der Waals surface area (Å²) in [6.07, 6.45) is -11.7. The molecule has 5 aliphatic rings. The number of fused-ring (bicyclic) bond motifs is 8. The Morgan fingerprint density at radius 2 is 1.87 bits per heavy atom. The molecule has 1 saturated heterocycles. The van der Waals surface area contributed by atoms with Crippen molar-refractivity contribution < 1.29 is 63.2 Å². The number of carboxylic acid groups (broad SMARTS) is 1. The quantitative estimate of drug-likeness (QED) is 0.0951. The highest BCUT2D eigenvalue weighted by Gasteiger charge is 2.60. The smallest absolute Gasteiger partial charge is 0.317 e. The van der Waals surface area contributed by atoms with Crippen molar-refractivity contribution in [1.29, 1.82) is 0 Å². The minimum absolute atomic E-state index is 0.142. The van der Waals surface area contributed by atoms with Crippen LogP contribution in [0, 0.1) is 0 Å². The lowest BCUT2D eigenvalue weighted by Crippen LogP contribution is -2.71. The fourth-order valence-corrected chi connectivity index (χ4v) is 8.18. The zero-order chi connectivity index (χ0) is 37.3. The topological polar surface area (TPSA) is 244 Å². The molecule has 0 bridgehead atoms. The van der Waals surface area contributed by atoms with Crippen LogP contribution in [0.25, 0.3) is 5.57 Å². The first kappa shape index (κ1) is 35.1. The molecule has 0 aromatic heterocycles. The number of hydrogen-bond donors (Lipinski definition) is 6. The number of carboxylic acids is 1. The van der Waals surface area contributed by atoms with Gasteiger partial charge in [-0.3, -0.25) is 14.6 Å². The molecule has 1 fully saturated rings. The number of para-hydroxylation sites is 1. The number of aliphatic hydroxyl groups excluding tert-OH is 2. The minimum atomic E-state index is -2.18. The summed E-state index contributed by atoms with van der Waals surface area (Å²) < 4.78 is 42.3. The molecular formula is C37H39N3O13. The van der Waals surface area contributed by atoms with Gasteiger partial charge in [0.15, 0.2) is 23.2 Å². The summed E-state index contributed by atoms with van der Waals surface area (Å²) in [7, 11) is 3.11. The van der Waals surface area contributed by atoms with E-state index in [1.165, 1.54) is 0 Å². The first-order chi connectivity index (χ1) is 25.4. The van der Waals surface area contributed by atoms with Crippen LogP contribution in [0.2, 0.25) is 0 Å². The first-order valence-corrected chi connectivity index (χ1v) is 17.1. The molecule has 0 amide bonds. The molecule has 8 atom stereocenters. The summed E-state index contributed by atoms with van der Waals surface area (Å²) >= 11 is 0. The van der Waals surface area contributed by atoms with Crippen LogP contribution < -0.4 is 45.7 Å². The minimum Gasteiger partial charge on any atom is -0.493 e. The second-order valence-corrected chi connectivity index (χ2v) is 13.7. The van der Waals surface area contributed by atoms with Crippen molar-refractivity contribution in [2.75, 3.05) is 27.4 Å². The van der Waals surface area contributed by atoms with Crippen LogP contribution in [-0.4, -0.2) is 102 Å². The molecule has 8 N–H and O–H groups in total. The summed E-state index contributed by atoms with van der Waals surface area (Å²) in [4.78, 5) is 28.3. The van der Waals surface area contributed by atoms with E-state index in [1.54, 1.807) is 20.3 Å². The molecule has 280 valence electrons. The normalized spacial score (nSPS) is 28.2. The maximum atomic E-state index is 12.3. The SMILES string of the molecule is COc1ccc2c(c1OC)O[C@H]1c3c(cc4c(c3C3=c5ccccc5=NC3)CC[C@]3(O)[C@H](O4)O[C@H]([C@H](OC(=O)CC(=O)O)C(N)N)[C@@H](O)[C@@H]3O)OC[C@@H]21. The number of benzene rings is 3. The van der Waals surface area contributed by atoms with Crippen molar-refractivity contribution in [3.63, 3.8) is 0 Å². The van der Waals surface area contributed by atoms with E-state index in [1.807, 2.05) is 36.4 Å². The monoisotopic (exact) mass is 733 g/mol. The Hall–Kier alpha value is -4.97. The number of aliphatic hydroxyl groups is 3. The van der Waals surface area contributed by atoms with Crippen molar-refractivity contribution in [3.8, 4) is 28.7 Å². The van der Waals surface area contributed by atoms with Crippen LogP contribution in [0.15, 0.2) is 47.5 Å². The number of aliphatic carboxylic acids is 1. The molecular weight excluding hydrogens is 694 g/mol. The van der Waals surface area contributed by atoms with E-state index in [2.05, 4.69) is 0 Å². The maximum absolute atomic E-state index is 12.3. The number of hydrogen-bond acceptors (Lipinski definition) is 15. The van der Waals surface area contributed by atoms with Crippen molar-refractivity contribution in [2.45, 2.75) is 73.8 Å². The van der Waals surface area contributed by atoms with Crippen LogP contribution >= 0.6 is 0 Å². The molecule has 0 spiro atoms. The lowest BCUT2D eigenvalue weighted by molar-refractivity contribution is -0.329. The number of carbonyl (C=O) groups excluding carboxylic acids is 1. The van der Waals surface area contributed by atoms with Crippen LogP contribution in [-0.2, 0) is 25.5 Å². The molecule has 5 heterocycles. The van der Waals surface area contributed by atoms with E-state index in [-0.39, 0.29) is 31.1 Å². The van der Waals surface area contributed by atoms with Gasteiger partial charge in [-0.15, -0.1) is 0 Å². The van der Waals surface area contributed by atoms with Crippen LogP contribution in [0.1, 0.15) is 47.1 Å². The zero-order valence-electron chi connectivity index (χ0n) is 28.8. The molecule has 16 nitrogen and oxygen atoms in total. The second-order valence-electron chi connectivity index (χ2n) is 13.7. The van der Waals surface area contributed by atoms with Gasteiger partial charge < -0.3 is 65.1 Å². The number of carbonyl (C=O) groups is 2. The van der Waals surface area contributed by atoms with Gasteiger partial charge in [-0.2, -0.15) is 0 Å². The number of nitrogens with two attached hydrogens (primary N) is 2. The third-order valence-corrected chi connectivity index (χ3v) is 10.7.